The molecule has 0 spiro atoms. The van der Waals surface area contributed by atoms with E-state index in [0.717, 1.165) is 27.8 Å². The Morgan fingerprint density at radius 1 is 1.00 bits per heavy atom. The minimum absolute atomic E-state index is 0.712. The first-order valence-electron chi connectivity index (χ1n) is 7.86. The molecule has 0 radical (unpaired) electrons. The fourth-order valence-electron chi connectivity index (χ4n) is 2.58. The van der Waals surface area contributed by atoms with E-state index in [1.807, 2.05) is 36.4 Å². The predicted octanol–water partition coefficient (Wildman–Crippen LogP) is 5.05. The Morgan fingerprint density at radius 3 is 2.64 bits per heavy atom. The third kappa shape index (κ3) is 3.52. The highest BCUT2D eigenvalue weighted by Gasteiger charge is 2.10. The summed E-state index contributed by atoms with van der Waals surface area (Å²) in [5, 5.41) is 14.7. The molecule has 2 heterocycles. The summed E-state index contributed by atoms with van der Waals surface area (Å²) >= 11 is 7.59. The zero-order valence-corrected chi connectivity index (χ0v) is 15.1. The van der Waals surface area contributed by atoms with E-state index in [1.54, 1.807) is 16.3 Å². The second-order valence-electron chi connectivity index (χ2n) is 5.76. The molecule has 4 rings (SSSR count). The number of fused-ring (bicyclic) bond motifs is 1. The first-order valence-corrected chi connectivity index (χ1v) is 9.22. The van der Waals surface area contributed by atoms with Crippen LogP contribution in [0.25, 0.3) is 16.9 Å². The van der Waals surface area contributed by atoms with Crippen molar-refractivity contribution in [1.82, 2.24) is 19.8 Å². The number of nitrogens with zero attached hydrogens (tertiary/aromatic N) is 4. The van der Waals surface area contributed by atoms with Crippen molar-refractivity contribution in [3.05, 3.63) is 76.8 Å². The van der Waals surface area contributed by atoms with E-state index in [2.05, 4.69) is 41.4 Å². The van der Waals surface area contributed by atoms with Gasteiger partial charge in [0.15, 0.2) is 5.65 Å². The minimum atomic E-state index is 0.712. The number of aryl methyl sites for hydroxylation is 1. The van der Waals surface area contributed by atoms with Gasteiger partial charge in [-0.15, -0.1) is 10.2 Å². The lowest BCUT2D eigenvalue weighted by Gasteiger charge is -2.04. The SMILES string of the molecule is Cc1cccc(CSc2nnc3ccc(-c4ccc(Cl)cc4)nn23)c1. The Labute approximate surface area is 154 Å². The number of hydrogen-bond donors (Lipinski definition) is 0. The van der Waals surface area contributed by atoms with Crippen LogP contribution in [-0.4, -0.2) is 19.8 Å². The van der Waals surface area contributed by atoms with Gasteiger partial charge in [-0.3, -0.25) is 0 Å². The summed E-state index contributed by atoms with van der Waals surface area (Å²) in [4.78, 5) is 0. The van der Waals surface area contributed by atoms with Crippen LogP contribution in [0.4, 0.5) is 0 Å². The van der Waals surface area contributed by atoms with Gasteiger partial charge in [0, 0.05) is 16.3 Å². The molecule has 0 aliphatic heterocycles. The first kappa shape index (κ1) is 16.1. The summed E-state index contributed by atoms with van der Waals surface area (Å²) in [6.45, 7) is 2.10. The molecule has 0 amide bonds. The van der Waals surface area contributed by atoms with E-state index in [-0.39, 0.29) is 0 Å². The molecule has 6 heteroatoms. The van der Waals surface area contributed by atoms with Gasteiger partial charge < -0.3 is 0 Å². The van der Waals surface area contributed by atoms with Gasteiger partial charge >= 0.3 is 0 Å². The van der Waals surface area contributed by atoms with Gasteiger partial charge in [-0.05, 0) is 36.8 Å². The second kappa shape index (κ2) is 6.86. The molecule has 4 aromatic rings. The number of hydrogen-bond acceptors (Lipinski definition) is 4. The zero-order valence-electron chi connectivity index (χ0n) is 13.6. The van der Waals surface area contributed by atoms with E-state index in [4.69, 9.17) is 16.7 Å². The Bertz CT molecular complexity index is 1030. The molecular weight excluding hydrogens is 352 g/mol. The smallest absolute Gasteiger partial charge is 0.187 e. The van der Waals surface area contributed by atoms with Crippen molar-refractivity contribution >= 4 is 29.0 Å². The number of thioether (sulfide) groups is 1. The highest BCUT2D eigenvalue weighted by atomic mass is 35.5. The van der Waals surface area contributed by atoms with Crippen LogP contribution in [0.5, 0.6) is 0 Å². The van der Waals surface area contributed by atoms with Gasteiger partial charge in [-0.2, -0.15) is 9.61 Å². The molecule has 0 unspecified atom stereocenters. The van der Waals surface area contributed by atoms with Gasteiger partial charge in [0.1, 0.15) is 0 Å². The Morgan fingerprint density at radius 2 is 1.84 bits per heavy atom. The van der Waals surface area contributed by atoms with Gasteiger partial charge in [0.25, 0.3) is 0 Å². The summed E-state index contributed by atoms with van der Waals surface area (Å²) in [5.74, 6) is 0.829. The lowest BCUT2D eigenvalue weighted by molar-refractivity contribution is 0.813. The number of rotatable bonds is 4. The van der Waals surface area contributed by atoms with Crippen LogP contribution >= 0.6 is 23.4 Å². The van der Waals surface area contributed by atoms with Crippen LogP contribution in [-0.2, 0) is 5.75 Å². The van der Waals surface area contributed by atoms with E-state index >= 15 is 0 Å². The molecule has 0 bridgehead atoms. The molecule has 2 aromatic heterocycles. The summed E-state index contributed by atoms with van der Waals surface area (Å²) in [6, 6.07) is 20.0. The Kier molecular flexibility index (Phi) is 4.42. The van der Waals surface area contributed by atoms with E-state index < -0.39 is 0 Å². The van der Waals surface area contributed by atoms with Crippen LogP contribution in [0.2, 0.25) is 5.02 Å². The molecule has 0 saturated carbocycles. The highest BCUT2D eigenvalue weighted by Crippen LogP contribution is 2.24. The lowest BCUT2D eigenvalue weighted by atomic mass is 10.1. The maximum atomic E-state index is 5.96. The number of benzene rings is 2. The molecule has 25 heavy (non-hydrogen) atoms. The van der Waals surface area contributed by atoms with Crippen molar-refractivity contribution in [2.24, 2.45) is 0 Å². The Balaban J connectivity index is 1.63. The third-order valence-corrected chi connectivity index (χ3v) is 5.07. The maximum absolute atomic E-state index is 5.96. The molecule has 124 valence electrons. The van der Waals surface area contributed by atoms with E-state index in [9.17, 15) is 0 Å². The minimum Gasteiger partial charge on any atom is -0.187 e. The summed E-state index contributed by atoms with van der Waals surface area (Å²) in [5.41, 5.74) is 5.13. The third-order valence-electron chi connectivity index (χ3n) is 3.82. The van der Waals surface area contributed by atoms with Crippen LogP contribution in [0.3, 0.4) is 0 Å². The maximum Gasteiger partial charge on any atom is 0.212 e. The standard InChI is InChI=1S/C19H15ClN4S/c1-13-3-2-4-14(11-13)12-25-19-22-21-18-10-9-17(23-24(18)19)15-5-7-16(20)8-6-15/h2-11H,12H2,1H3. The fourth-order valence-corrected chi connectivity index (χ4v) is 3.54. The first-order chi connectivity index (χ1) is 12.2. The largest absolute Gasteiger partial charge is 0.212 e. The van der Waals surface area contributed by atoms with Crippen molar-refractivity contribution in [2.45, 2.75) is 17.8 Å². The summed E-state index contributed by atoms with van der Waals surface area (Å²) in [7, 11) is 0. The van der Waals surface area contributed by atoms with Crippen LogP contribution in [0.1, 0.15) is 11.1 Å². The van der Waals surface area contributed by atoms with E-state index in [0.29, 0.717) is 5.02 Å². The van der Waals surface area contributed by atoms with Gasteiger partial charge in [0.2, 0.25) is 5.16 Å². The van der Waals surface area contributed by atoms with Crippen LogP contribution in [0.15, 0.2) is 65.8 Å². The van der Waals surface area contributed by atoms with E-state index in [1.165, 1.54) is 11.1 Å². The second-order valence-corrected chi connectivity index (χ2v) is 7.13. The quantitative estimate of drug-likeness (QED) is 0.474. The molecule has 0 saturated heterocycles. The van der Waals surface area contributed by atoms with Gasteiger partial charge in [0.05, 0.1) is 5.69 Å². The molecule has 0 aliphatic carbocycles. The zero-order chi connectivity index (χ0) is 17.2. The average molecular weight is 367 g/mol. The lowest BCUT2D eigenvalue weighted by Crippen LogP contribution is -1.96. The molecule has 0 aliphatic rings. The van der Waals surface area contributed by atoms with Crippen LogP contribution < -0.4 is 0 Å². The van der Waals surface area contributed by atoms with Crippen molar-refractivity contribution < 1.29 is 0 Å². The highest BCUT2D eigenvalue weighted by molar-refractivity contribution is 7.98. The molecule has 0 atom stereocenters. The van der Waals surface area contributed by atoms with Gasteiger partial charge in [-0.1, -0.05) is 65.3 Å². The molecule has 0 N–H and O–H groups in total. The topological polar surface area (TPSA) is 43.1 Å². The van der Waals surface area contributed by atoms with Crippen molar-refractivity contribution in [3.63, 3.8) is 0 Å². The monoisotopic (exact) mass is 366 g/mol. The Hall–Kier alpha value is -2.37. The molecule has 4 nitrogen and oxygen atoms in total. The summed E-state index contributed by atoms with van der Waals surface area (Å²) in [6.07, 6.45) is 0. The number of halogens is 1. The van der Waals surface area contributed by atoms with Crippen molar-refractivity contribution in [1.29, 1.82) is 0 Å². The number of aromatic nitrogens is 4. The molecule has 0 fully saturated rings. The van der Waals surface area contributed by atoms with Crippen LogP contribution in [0, 0.1) is 6.92 Å². The van der Waals surface area contributed by atoms with Crippen molar-refractivity contribution in [3.8, 4) is 11.3 Å². The average Bonchev–Trinajstić information content (AvgIpc) is 3.03. The molecular formula is C19H15ClN4S. The van der Waals surface area contributed by atoms with Gasteiger partial charge in [-0.25, -0.2) is 0 Å². The fraction of sp³-hybridized carbons (Fsp3) is 0.105. The van der Waals surface area contributed by atoms with Crippen molar-refractivity contribution in [2.75, 3.05) is 0 Å². The molecule has 2 aromatic carbocycles. The summed E-state index contributed by atoms with van der Waals surface area (Å²) < 4.78 is 1.80. The normalized spacial score (nSPS) is 11.1. The predicted molar refractivity (Wildman–Crippen MR) is 102 cm³/mol.